The summed E-state index contributed by atoms with van der Waals surface area (Å²) in [5.41, 5.74) is 3.88. The summed E-state index contributed by atoms with van der Waals surface area (Å²) in [7, 11) is 0. The molecule has 0 saturated carbocycles. The quantitative estimate of drug-likeness (QED) is 0.828. The van der Waals surface area contributed by atoms with E-state index >= 15 is 0 Å². The van der Waals surface area contributed by atoms with Crippen molar-refractivity contribution in [3.8, 4) is 0 Å². The number of hydrogen-bond acceptors (Lipinski definition) is 2. The third kappa shape index (κ3) is 3.67. The predicted molar refractivity (Wildman–Crippen MR) is 79.8 cm³/mol. The van der Waals surface area contributed by atoms with Crippen LogP contribution in [0.4, 0.5) is 10.1 Å². The molecule has 2 aromatic carbocycles. The van der Waals surface area contributed by atoms with Crippen LogP contribution in [0.15, 0.2) is 42.5 Å². The van der Waals surface area contributed by atoms with Crippen LogP contribution in [-0.2, 0) is 0 Å². The lowest BCUT2D eigenvalue weighted by Crippen LogP contribution is -2.09. The Bertz CT molecular complexity index is 605. The van der Waals surface area contributed by atoms with Gasteiger partial charge < -0.3 is 5.32 Å². The van der Waals surface area contributed by atoms with Crippen LogP contribution in [-0.4, -0.2) is 12.3 Å². The van der Waals surface area contributed by atoms with Gasteiger partial charge in [0.25, 0.3) is 0 Å². The lowest BCUT2D eigenvalue weighted by atomic mass is 10.0. The van der Waals surface area contributed by atoms with Gasteiger partial charge in [-0.15, -0.1) is 0 Å². The smallest absolute Gasteiger partial charge is 0.164 e. The molecule has 0 aliphatic rings. The van der Waals surface area contributed by atoms with Gasteiger partial charge in [0, 0.05) is 24.2 Å². The average molecular weight is 271 g/mol. The molecule has 3 heteroatoms. The molecule has 0 radical (unpaired) electrons. The fourth-order valence-electron chi connectivity index (χ4n) is 1.95. The molecule has 0 bridgehead atoms. The van der Waals surface area contributed by atoms with Crippen molar-refractivity contribution in [2.45, 2.75) is 20.3 Å². The molecule has 0 atom stereocenters. The summed E-state index contributed by atoms with van der Waals surface area (Å²) >= 11 is 0. The first-order chi connectivity index (χ1) is 9.56. The lowest BCUT2D eigenvalue weighted by molar-refractivity contribution is 0.0986. The molecule has 0 aromatic heterocycles. The van der Waals surface area contributed by atoms with E-state index in [1.807, 2.05) is 32.0 Å². The molecule has 0 unspecified atom stereocenters. The Balaban J connectivity index is 1.88. The van der Waals surface area contributed by atoms with Crippen LogP contribution in [0.25, 0.3) is 0 Å². The zero-order valence-corrected chi connectivity index (χ0v) is 11.7. The number of anilines is 1. The summed E-state index contributed by atoms with van der Waals surface area (Å²) in [6.45, 7) is 4.57. The van der Waals surface area contributed by atoms with Gasteiger partial charge >= 0.3 is 0 Å². The maximum Gasteiger partial charge on any atom is 0.164 e. The molecule has 104 valence electrons. The second-order valence-corrected chi connectivity index (χ2v) is 4.91. The van der Waals surface area contributed by atoms with Crippen LogP contribution in [0.3, 0.4) is 0 Å². The van der Waals surface area contributed by atoms with Gasteiger partial charge in [0.2, 0.25) is 0 Å². The normalized spacial score (nSPS) is 10.3. The van der Waals surface area contributed by atoms with E-state index in [4.69, 9.17) is 0 Å². The molecule has 2 rings (SSSR count). The molecule has 0 spiro atoms. The fourth-order valence-corrected chi connectivity index (χ4v) is 1.95. The van der Waals surface area contributed by atoms with E-state index in [1.54, 1.807) is 12.1 Å². The van der Waals surface area contributed by atoms with Gasteiger partial charge in [0.15, 0.2) is 5.78 Å². The summed E-state index contributed by atoms with van der Waals surface area (Å²) in [5.74, 6) is -0.149. The van der Waals surface area contributed by atoms with Gasteiger partial charge in [0.05, 0.1) is 0 Å². The zero-order chi connectivity index (χ0) is 14.5. The minimum absolute atomic E-state index is 0.114. The van der Waals surface area contributed by atoms with Gasteiger partial charge in [-0.1, -0.05) is 12.1 Å². The standard InChI is InChI=1S/C17H18FNO/c1-12-3-4-14(11-13(12)2)17(20)9-10-19-16-7-5-15(18)6-8-16/h3-8,11,19H,9-10H2,1-2H3. The third-order valence-corrected chi connectivity index (χ3v) is 3.35. The molecular formula is C17H18FNO. The summed E-state index contributed by atoms with van der Waals surface area (Å²) in [6, 6.07) is 11.9. The molecule has 1 N–H and O–H groups in total. The Morgan fingerprint density at radius 3 is 2.40 bits per heavy atom. The monoisotopic (exact) mass is 271 g/mol. The van der Waals surface area contributed by atoms with Crippen molar-refractivity contribution in [2.24, 2.45) is 0 Å². The van der Waals surface area contributed by atoms with E-state index in [2.05, 4.69) is 5.32 Å². The SMILES string of the molecule is Cc1ccc(C(=O)CCNc2ccc(F)cc2)cc1C. The third-order valence-electron chi connectivity index (χ3n) is 3.35. The Kier molecular flexibility index (Phi) is 4.51. The van der Waals surface area contributed by atoms with Crippen molar-refractivity contribution in [1.82, 2.24) is 0 Å². The topological polar surface area (TPSA) is 29.1 Å². The molecule has 0 amide bonds. The molecule has 2 aromatic rings. The van der Waals surface area contributed by atoms with Crippen LogP contribution >= 0.6 is 0 Å². The second kappa shape index (κ2) is 6.33. The highest BCUT2D eigenvalue weighted by atomic mass is 19.1. The van der Waals surface area contributed by atoms with Crippen molar-refractivity contribution in [2.75, 3.05) is 11.9 Å². The number of ketones is 1. The highest BCUT2D eigenvalue weighted by Gasteiger charge is 2.06. The van der Waals surface area contributed by atoms with Crippen LogP contribution in [0.5, 0.6) is 0 Å². The summed E-state index contributed by atoms with van der Waals surface area (Å²) in [6.07, 6.45) is 0.417. The largest absolute Gasteiger partial charge is 0.385 e. The molecule has 0 heterocycles. The molecule has 0 saturated heterocycles. The van der Waals surface area contributed by atoms with Crippen molar-refractivity contribution in [3.05, 3.63) is 65.0 Å². The summed E-state index contributed by atoms with van der Waals surface area (Å²) < 4.78 is 12.7. The number of carbonyl (C=O) groups is 1. The minimum atomic E-state index is -0.262. The van der Waals surface area contributed by atoms with Crippen LogP contribution in [0.1, 0.15) is 27.9 Å². The van der Waals surface area contributed by atoms with Gasteiger partial charge in [-0.05, 0) is 55.3 Å². The highest BCUT2D eigenvalue weighted by molar-refractivity contribution is 5.96. The first kappa shape index (κ1) is 14.3. The number of rotatable bonds is 5. The minimum Gasteiger partial charge on any atom is -0.385 e. The number of nitrogens with one attached hydrogen (secondary N) is 1. The maximum absolute atomic E-state index is 12.7. The van der Waals surface area contributed by atoms with E-state index in [0.29, 0.717) is 13.0 Å². The zero-order valence-electron chi connectivity index (χ0n) is 11.7. The predicted octanol–water partition coefficient (Wildman–Crippen LogP) is 4.13. The second-order valence-electron chi connectivity index (χ2n) is 4.91. The number of aryl methyl sites for hydroxylation is 2. The van der Waals surface area contributed by atoms with Gasteiger partial charge in [0.1, 0.15) is 5.82 Å². The first-order valence-electron chi connectivity index (χ1n) is 6.66. The first-order valence-corrected chi connectivity index (χ1v) is 6.66. The van der Waals surface area contributed by atoms with E-state index in [0.717, 1.165) is 16.8 Å². The fraction of sp³-hybridized carbons (Fsp3) is 0.235. The van der Waals surface area contributed by atoms with E-state index < -0.39 is 0 Å². The van der Waals surface area contributed by atoms with Gasteiger partial charge in [-0.3, -0.25) is 4.79 Å². The van der Waals surface area contributed by atoms with E-state index in [1.165, 1.54) is 17.7 Å². The van der Waals surface area contributed by atoms with Crippen molar-refractivity contribution < 1.29 is 9.18 Å². The van der Waals surface area contributed by atoms with Crippen molar-refractivity contribution in [1.29, 1.82) is 0 Å². The lowest BCUT2D eigenvalue weighted by Gasteiger charge is -2.07. The van der Waals surface area contributed by atoms with Crippen LogP contribution < -0.4 is 5.32 Å². The average Bonchev–Trinajstić information content (AvgIpc) is 2.44. The molecule has 0 fully saturated rings. The molecule has 20 heavy (non-hydrogen) atoms. The molecule has 0 aliphatic heterocycles. The van der Waals surface area contributed by atoms with Gasteiger partial charge in [-0.2, -0.15) is 0 Å². The summed E-state index contributed by atoms with van der Waals surface area (Å²) in [5, 5.41) is 3.11. The highest BCUT2D eigenvalue weighted by Crippen LogP contribution is 2.12. The number of hydrogen-bond donors (Lipinski definition) is 1. The number of Topliss-reactive ketones (excluding diaryl/α,β-unsaturated/α-hetero) is 1. The van der Waals surface area contributed by atoms with E-state index in [-0.39, 0.29) is 11.6 Å². The van der Waals surface area contributed by atoms with Crippen molar-refractivity contribution >= 4 is 11.5 Å². The Labute approximate surface area is 118 Å². The van der Waals surface area contributed by atoms with E-state index in [9.17, 15) is 9.18 Å². The Morgan fingerprint density at radius 1 is 1.05 bits per heavy atom. The Hall–Kier alpha value is -2.16. The molecule has 0 aliphatic carbocycles. The number of carbonyl (C=O) groups excluding carboxylic acids is 1. The molecular weight excluding hydrogens is 253 g/mol. The summed E-state index contributed by atoms with van der Waals surface area (Å²) in [4.78, 5) is 12.1. The van der Waals surface area contributed by atoms with Crippen LogP contribution in [0.2, 0.25) is 0 Å². The Morgan fingerprint density at radius 2 is 1.75 bits per heavy atom. The van der Waals surface area contributed by atoms with Crippen molar-refractivity contribution in [3.63, 3.8) is 0 Å². The number of benzene rings is 2. The number of halogens is 1. The van der Waals surface area contributed by atoms with Crippen LogP contribution in [0, 0.1) is 19.7 Å². The van der Waals surface area contributed by atoms with Gasteiger partial charge in [-0.25, -0.2) is 4.39 Å². The maximum atomic E-state index is 12.7. The molecule has 2 nitrogen and oxygen atoms in total.